The zero-order valence-corrected chi connectivity index (χ0v) is 15.7. The van der Waals surface area contributed by atoms with Gasteiger partial charge in [-0.1, -0.05) is 29.3 Å². The maximum Gasteiger partial charge on any atom is 0.0642 e. The Kier molecular flexibility index (Phi) is 3.67. The molecule has 0 aromatic heterocycles. The number of fused-ring (bicyclic) bond motifs is 3. The van der Waals surface area contributed by atoms with E-state index in [0.29, 0.717) is 28.0 Å². The molecule has 2 N–H and O–H groups in total. The number of piperidine rings is 1. The third kappa shape index (κ3) is 2.44. The van der Waals surface area contributed by atoms with E-state index in [-0.39, 0.29) is 0 Å². The molecule has 0 spiro atoms. The first kappa shape index (κ1) is 15.8. The Hall–Kier alpha value is -1.42. The van der Waals surface area contributed by atoms with E-state index in [0.717, 1.165) is 25.2 Å². The Balaban J connectivity index is 1.69. The molecule has 0 bridgehead atoms. The molecule has 0 aliphatic carbocycles. The van der Waals surface area contributed by atoms with Gasteiger partial charge in [0.1, 0.15) is 0 Å². The lowest BCUT2D eigenvalue weighted by Gasteiger charge is -2.39. The summed E-state index contributed by atoms with van der Waals surface area (Å²) < 4.78 is 0. The van der Waals surface area contributed by atoms with E-state index >= 15 is 0 Å². The van der Waals surface area contributed by atoms with Crippen LogP contribution < -0.4 is 15.5 Å². The molecule has 0 radical (unpaired) electrons. The van der Waals surface area contributed by atoms with Crippen LogP contribution in [0.3, 0.4) is 0 Å². The van der Waals surface area contributed by atoms with Crippen LogP contribution in [0.1, 0.15) is 24.8 Å². The van der Waals surface area contributed by atoms with Crippen LogP contribution in [-0.2, 0) is 0 Å². The predicted octanol–water partition coefficient (Wildman–Crippen LogP) is 4.74. The van der Waals surface area contributed by atoms with E-state index in [2.05, 4.69) is 34.6 Å². The second kappa shape index (κ2) is 5.80. The van der Waals surface area contributed by atoms with Crippen molar-refractivity contribution in [3.63, 3.8) is 0 Å². The van der Waals surface area contributed by atoms with Crippen LogP contribution >= 0.6 is 23.2 Å². The van der Waals surface area contributed by atoms with Crippen molar-refractivity contribution in [1.82, 2.24) is 5.32 Å². The fourth-order valence-corrected chi connectivity index (χ4v) is 5.30. The number of hydrogen-bond donors (Lipinski definition) is 2. The van der Waals surface area contributed by atoms with Gasteiger partial charge >= 0.3 is 0 Å². The minimum absolute atomic E-state index is 0.449. The van der Waals surface area contributed by atoms with Crippen LogP contribution in [0.2, 0.25) is 10.0 Å². The molecule has 5 heteroatoms. The summed E-state index contributed by atoms with van der Waals surface area (Å²) >= 11 is 12.6. The molecule has 3 aliphatic heterocycles. The predicted molar refractivity (Wildman–Crippen MR) is 106 cm³/mol. The average Bonchev–Trinajstić information content (AvgIpc) is 2.90. The van der Waals surface area contributed by atoms with Crippen molar-refractivity contribution in [2.75, 3.05) is 29.9 Å². The Labute approximate surface area is 158 Å². The molecule has 2 aromatic rings. The van der Waals surface area contributed by atoms with Gasteiger partial charge in [-0.2, -0.15) is 0 Å². The van der Waals surface area contributed by atoms with E-state index in [1.165, 1.54) is 28.9 Å². The van der Waals surface area contributed by atoms with Crippen LogP contribution in [0.4, 0.5) is 11.4 Å². The maximum atomic E-state index is 6.49. The van der Waals surface area contributed by atoms with Crippen molar-refractivity contribution in [2.24, 2.45) is 0 Å². The minimum atomic E-state index is 0.449. The molecule has 3 unspecified atom stereocenters. The zero-order chi connectivity index (χ0) is 17.1. The highest BCUT2D eigenvalue weighted by atomic mass is 35.5. The van der Waals surface area contributed by atoms with E-state index in [1.807, 2.05) is 18.2 Å². The number of halogens is 2. The molecule has 2 aromatic carbocycles. The highest BCUT2D eigenvalue weighted by molar-refractivity contribution is 6.36. The Morgan fingerprint density at radius 1 is 1.16 bits per heavy atom. The van der Waals surface area contributed by atoms with Gasteiger partial charge in [0.2, 0.25) is 0 Å². The van der Waals surface area contributed by atoms with Crippen molar-refractivity contribution in [3.8, 4) is 11.1 Å². The number of anilines is 2. The van der Waals surface area contributed by atoms with Crippen molar-refractivity contribution in [1.29, 1.82) is 0 Å². The first-order chi connectivity index (χ1) is 12.1. The molecule has 3 aliphatic rings. The van der Waals surface area contributed by atoms with Gasteiger partial charge in [-0.15, -0.1) is 0 Å². The van der Waals surface area contributed by atoms with Crippen LogP contribution in [0.15, 0.2) is 30.3 Å². The number of nitrogens with zero attached hydrogens (tertiary/aromatic N) is 1. The van der Waals surface area contributed by atoms with Gasteiger partial charge in [-0.05, 0) is 55.3 Å². The van der Waals surface area contributed by atoms with Gasteiger partial charge in [-0.25, -0.2) is 0 Å². The number of hydrogen-bond acceptors (Lipinski definition) is 3. The third-order valence-electron chi connectivity index (χ3n) is 5.79. The molecular formula is C20H21Cl2N3. The largest absolute Gasteiger partial charge is 0.379 e. The summed E-state index contributed by atoms with van der Waals surface area (Å²) in [7, 11) is 0. The first-order valence-corrected chi connectivity index (χ1v) is 9.74. The third-order valence-corrected chi connectivity index (χ3v) is 6.33. The molecular weight excluding hydrogens is 353 g/mol. The van der Waals surface area contributed by atoms with Gasteiger partial charge in [-0.3, -0.25) is 0 Å². The van der Waals surface area contributed by atoms with E-state index in [4.69, 9.17) is 23.2 Å². The average molecular weight is 374 g/mol. The lowest BCUT2D eigenvalue weighted by atomic mass is 9.88. The van der Waals surface area contributed by atoms with E-state index in [9.17, 15) is 0 Å². The number of rotatable bonds is 1. The van der Waals surface area contributed by atoms with Gasteiger partial charge in [0.15, 0.2) is 0 Å². The second-order valence-electron chi connectivity index (χ2n) is 7.45. The van der Waals surface area contributed by atoms with Crippen LogP contribution in [0, 0.1) is 0 Å². The molecule has 0 saturated carbocycles. The molecule has 1 fully saturated rings. The van der Waals surface area contributed by atoms with Crippen LogP contribution in [0.25, 0.3) is 11.1 Å². The standard InChI is InChI=1S/C20H21Cl2N3/c1-11-10-25-19-4-5-23-9-16(19)15-6-12(7-18(24-11)20(15)25)14-3-2-13(21)8-17(14)22/h2-3,6-8,11,16,19,23-24H,4-5,9-10H2,1H3. The Morgan fingerprint density at radius 2 is 2.04 bits per heavy atom. The molecule has 0 amide bonds. The fourth-order valence-electron chi connectivity index (χ4n) is 4.78. The lowest BCUT2D eigenvalue weighted by molar-refractivity contribution is 0.399. The molecule has 3 atom stereocenters. The molecule has 5 rings (SSSR count). The SMILES string of the molecule is CC1CN2c3c(cc(-c4ccc(Cl)cc4Cl)cc3C3CNCCC32)N1. The van der Waals surface area contributed by atoms with E-state index < -0.39 is 0 Å². The van der Waals surface area contributed by atoms with Gasteiger partial charge in [0, 0.05) is 46.7 Å². The smallest absolute Gasteiger partial charge is 0.0642 e. The number of benzene rings is 2. The summed E-state index contributed by atoms with van der Waals surface area (Å²) in [6.07, 6.45) is 1.21. The summed E-state index contributed by atoms with van der Waals surface area (Å²) in [5.74, 6) is 0.556. The molecule has 3 nitrogen and oxygen atoms in total. The van der Waals surface area contributed by atoms with Crippen LogP contribution in [-0.4, -0.2) is 31.7 Å². The molecule has 130 valence electrons. The fraction of sp³-hybridized carbons (Fsp3) is 0.400. The van der Waals surface area contributed by atoms with Crippen molar-refractivity contribution >= 4 is 34.6 Å². The first-order valence-electron chi connectivity index (χ1n) is 8.99. The van der Waals surface area contributed by atoms with Crippen molar-refractivity contribution < 1.29 is 0 Å². The second-order valence-corrected chi connectivity index (χ2v) is 8.29. The van der Waals surface area contributed by atoms with Gasteiger partial charge in [0.25, 0.3) is 0 Å². The summed E-state index contributed by atoms with van der Waals surface area (Å²) in [5, 5.41) is 8.65. The Morgan fingerprint density at radius 3 is 2.88 bits per heavy atom. The van der Waals surface area contributed by atoms with Crippen molar-refractivity contribution in [2.45, 2.75) is 31.3 Å². The van der Waals surface area contributed by atoms with E-state index in [1.54, 1.807) is 0 Å². The summed E-state index contributed by atoms with van der Waals surface area (Å²) in [6.45, 7) is 5.51. The summed E-state index contributed by atoms with van der Waals surface area (Å²) in [6, 6.07) is 11.4. The van der Waals surface area contributed by atoms with Gasteiger partial charge < -0.3 is 15.5 Å². The molecule has 25 heavy (non-hydrogen) atoms. The normalized spacial score (nSPS) is 26.8. The van der Waals surface area contributed by atoms with Crippen LogP contribution in [0.5, 0.6) is 0 Å². The minimum Gasteiger partial charge on any atom is -0.379 e. The monoisotopic (exact) mass is 373 g/mol. The lowest BCUT2D eigenvalue weighted by Crippen LogP contribution is -2.48. The molecule has 3 heterocycles. The quantitative estimate of drug-likeness (QED) is 0.755. The zero-order valence-electron chi connectivity index (χ0n) is 14.2. The maximum absolute atomic E-state index is 6.49. The molecule has 1 saturated heterocycles. The van der Waals surface area contributed by atoms with Crippen molar-refractivity contribution in [3.05, 3.63) is 45.9 Å². The highest BCUT2D eigenvalue weighted by Gasteiger charge is 2.43. The highest BCUT2D eigenvalue weighted by Crippen LogP contribution is 2.51. The Bertz CT molecular complexity index is 851. The van der Waals surface area contributed by atoms with Gasteiger partial charge in [0.05, 0.1) is 11.4 Å². The summed E-state index contributed by atoms with van der Waals surface area (Å²) in [4.78, 5) is 2.64. The summed E-state index contributed by atoms with van der Waals surface area (Å²) in [5.41, 5.74) is 6.32. The topological polar surface area (TPSA) is 27.3 Å². The number of nitrogens with one attached hydrogen (secondary N) is 2.